The standard InChI is InChI=1S/C22H29N3O3.ClH/c1-27-16-18-7-5-6-17(12-18)13-24-22(26)15-25-11-10-23-14-20(25)19-8-3-4-9-21(19)28-2;/h3-9,12,20,23H,10-11,13-16H2,1-2H3,(H,24,26);1H. The van der Waals surface area contributed by atoms with E-state index in [9.17, 15) is 4.79 Å². The van der Waals surface area contributed by atoms with Crippen molar-refractivity contribution in [2.24, 2.45) is 0 Å². The zero-order valence-electron chi connectivity index (χ0n) is 17.0. The number of rotatable bonds is 8. The molecule has 1 saturated heterocycles. The van der Waals surface area contributed by atoms with Gasteiger partial charge >= 0.3 is 0 Å². The largest absolute Gasteiger partial charge is 0.496 e. The molecule has 0 bridgehead atoms. The number of nitrogens with zero attached hydrogens (tertiary/aromatic N) is 1. The zero-order chi connectivity index (χ0) is 19.8. The quantitative estimate of drug-likeness (QED) is 0.688. The van der Waals surface area contributed by atoms with Crippen molar-refractivity contribution >= 4 is 18.3 Å². The van der Waals surface area contributed by atoms with Gasteiger partial charge in [-0.15, -0.1) is 12.4 Å². The number of methoxy groups -OCH3 is 2. The molecule has 1 fully saturated rings. The summed E-state index contributed by atoms with van der Waals surface area (Å²) >= 11 is 0. The van der Waals surface area contributed by atoms with Crippen LogP contribution in [0.15, 0.2) is 48.5 Å². The molecule has 1 amide bonds. The number of piperazine rings is 1. The molecule has 2 aromatic carbocycles. The second-order valence-corrected chi connectivity index (χ2v) is 6.96. The van der Waals surface area contributed by atoms with Crippen LogP contribution in [0.25, 0.3) is 0 Å². The number of ether oxygens (including phenoxy) is 2. The van der Waals surface area contributed by atoms with Crippen LogP contribution < -0.4 is 15.4 Å². The van der Waals surface area contributed by atoms with Gasteiger partial charge in [0.25, 0.3) is 0 Å². The van der Waals surface area contributed by atoms with Crippen molar-refractivity contribution < 1.29 is 14.3 Å². The summed E-state index contributed by atoms with van der Waals surface area (Å²) in [4.78, 5) is 14.8. The lowest BCUT2D eigenvalue weighted by Crippen LogP contribution is -2.49. The van der Waals surface area contributed by atoms with Crippen LogP contribution in [0.4, 0.5) is 0 Å². The molecule has 0 radical (unpaired) electrons. The highest BCUT2D eigenvalue weighted by molar-refractivity contribution is 5.85. The van der Waals surface area contributed by atoms with Crippen molar-refractivity contribution in [2.75, 3.05) is 40.4 Å². The Morgan fingerprint density at radius 1 is 1.17 bits per heavy atom. The van der Waals surface area contributed by atoms with Gasteiger partial charge in [-0.25, -0.2) is 0 Å². The monoisotopic (exact) mass is 419 g/mol. The van der Waals surface area contributed by atoms with Crippen molar-refractivity contribution in [3.05, 3.63) is 65.2 Å². The molecule has 6 nitrogen and oxygen atoms in total. The van der Waals surface area contributed by atoms with E-state index in [1.54, 1.807) is 14.2 Å². The number of hydrogen-bond acceptors (Lipinski definition) is 5. The van der Waals surface area contributed by atoms with Crippen molar-refractivity contribution in [2.45, 2.75) is 19.2 Å². The summed E-state index contributed by atoms with van der Waals surface area (Å²) in [6.45, 7) is 3.94. The zero-order valence-corrected chi connectivity index (χ0v) is 17.8. The maximum Gasteiger partial charge on any atom is 0.234 e. The first-order valence-electron chi connectivity index (χ1n) is 9.62. The first-order chi connectivity index (χ1) is 13.7. The number of benzene rings is 2. The number of carbonyl (C=O) groups excluding carboxylic acids is 1. The number of nitrogens with one attached hydrogen (secondary N) is 2. The predicted molar refractivity (Wildman–Crippen MR) is 116 cm³/mol. The van der Waals surface area contributed by atoms with E-state index >= 15 is 0 Å². The van der Waals surface area contributed by atoms with E-state index in [1.165, 1.54) is 0 Å². The van der Waals surface area contributed by atoms with Gasteiger partial charge in [0.15, 0.2) is 0 Å². The van der Waals surface area contributed by atoms with Crippen LogP contribution in [-0.2, 0) is 22.7 Å². The summed E-state index contributed by atoms with van der Waals surface area (Å²) < 4.78 is 10.7. The average Bonchev–Trinajstić information content (AvgIpc) is 2.73. The molecule has 0 spiro atoms. The second kappa shape index (κ2) is 11.8. The van der Waals surface area contributed by atoms with Crippen molar-refractivity contribution in [3.63, 3.8) is 0 Å². The van der Waals surface area contributed by atoms with Crippen molar-refractivity contribution in [1.82, 2.24) is 15.5 Å². The summed E-state index contributed by atoms with van der Waals surface area (Å²) in [5.41, 5.74) is 3.29. The SMILES string of the molecule is COCc1cccc(CNC(=O)CN2CCNCC2c2ccccc2OC)c1.Cl. The van der Waals surface area contributed by atoms with Crippen molar-refractivity contribution in [3.8, 4) is 5.75 Å². The normalized spacial score (nSPS) is 16.7. The molecule has 3 rings (SSSR count). The molecule has 2 aromatic rings. The minimum Gasteiger partial charge on any atom is -0.496 e. The lowest BCUT2D eigenvalue weighted by atomic mass is 10.0. The molecular weight excluding hydrogens is 390 g/mol. The molecule has 29 heavy (non-hydrogen) atoms. The van der Waals surface area contributed by atoms with E-state index in [2.05, 4.69) is 27.7 Å². The van der Waals surface area contributed by atoms with Gasteiger partial charge < -0.3 is 20.1 Å². The van der Waals surface area contributed by atoms with Gasteiger partial charge in [-0.05, 0) is 17.2 Å². The fourth-order valence-electron chi connectivity index (χ4n) is 3.62. The Kier molecular flexibility index (Phi) is 9.41. The molecule has 2 N–H and O–H groups in total. The first kappa shape index (κ1) is 23.2. The summed E-state index contributed by atoms with van der Waals surface area (Å²) in [7, 11) is 3.36. The summed E-state index contributed by atoms with van der Waals surface area (Å²) in [5.74, 6) is 0.885. The van der Waals surface area contributed by atoms with Crippen molar-refractivity contribution in [1.29, 1.82) is 0 Å². The Morgan fingerprint density at radius 2 is 1.97 bits per heavy atom. The molecule has 0 saturated carbocycles. The first-order valence-corrected chi connectivity index (χ1v) is 9.62. The lowest BCUT2D eigenvalue weighted by Gasteiger charge is -2.36. The Bertz CT molecular complexity index is 787. The van der Waals surface area contributed by atoms with Gasteiger partial charge in [-0.2, -0.15) is 0 Å². The third-order valence-electron chi connectivity index (χ3n) is 4.99. The molecule has 1 heterocycles. The molecular formula is C22H30ClN3O3. The van der Waals surface area contributed by atoms with Crippen LogP contribution in [0.2, 0.25) is 0 Å². The Morgan fingerprint density at radius 3 is 2.76 bits per heavy atom. The highest BCUT2D eigenvalue weighted by Gasteiger charge is 2.27. The Hall–Kier alpha value is -2.12. The van der Waals surface area contributed by atoms with Gasteiger partial charge in [0.1, 0.15) is 5.75 Å². The van der Waals surface area contributed by atoms with Crippen LogP contribution in [0, 0.1) is 0 Å². The average molecular weight is 420 g/mol. The fourth-order valence-corrected chi connectivity index (χ4v) is 3.62. The van der Waals surface area contributed by atoms with Crippen LogP contribution in [0.5, 0.6) is 5.75 Å². The van der Waals surface area contributed by atoms with E-state index in [0.717, 1.165) is 42.1 Å². The van der Waals surface area contributed by atoms with Gasteiger partial charge in [0.05, 0.1) is 26.3 Å². The Balaban J connectivity index is 0.00000300. The topological polar surface area (TPSA) is 62.8 Å². The van der Waals surface area contributed by atoms with E-state index in [0.29, 0.717) is 19.7 Å². The molecule has 1 unspecified atom stereocenters. The number of halogens is 1. The smallest absolute Gasteiger partial charge is 0.234 e. The molecule has 0 aromatic heterocycles. The number of hydrogen-bond donors (Lipinski definition) is 2. The summed E-state index contributed by atoms with van der Waals surface area (Å²) in [6.07, 6.45) is 0. The van der Waals surface area contributed by atoms with E-state index < -0.39 is 0 Å². The second-order valence-electron chi connectivity index (χ2n) is 6.96. The predicted octanol–water partition coefficient (Wildman–Crippen LogP) is 2.53. The summed E-state index contributed by atoms with van der Waals surface area (Å²) in [6, 6.07) is 16.2. The number of carbonyl (C=O) groups is 1. The third-order valence-corrected chi connectivity index (χ3v) is 4.99. The minimum absolute atomic E-state index is 0. The highest BCUT2D eigenvalue weighted by Crippen LogP contribution is 2.29. The Labute approximate surface area is 179 Å². The lowest BCUT2D eigenvalue weighted by molar-refractivity contribution is -0.123. The molecule has 1 aliphatic rings. The minimum atomic E-state index is 0. The fraction of sp³-hybridized carbons (Fsp3) is 0.409. The molecule has 158 valence electrons. The maximum absolute atomic E-state index is 12.6. The molecule has 1 aliphatic heterocycles. The molecule has 0 aliphatic carbocycles. The van der Waals surface area contributed by atoms with Crippen LogP contribution in [0.3, 0.4) is 0 Å². The van der Waals surface area contributed by atoms with Gasteiger partial charge in [-0.3, -0.25) is 9.69 Å². The van der Waals surface area contributed by atoms with Crippen LogP contribution >= 0.6 is 12.4 Å². The van der Waals surface area contributed by atoms with E-state index in [4.69, 9.17) is 9.47 Å². The summed E-state index contributed by atoms with van der Waals surface area (Å²) in [5, 5.41) is 6.47. The number of para-hydroxylation sites is 1. The van der Waals surface area contributed by atoms with Gasteiger partial charge in [0, 0.05) is 38.9 Å². The van der Waals surface area contributed by atoms with Gasteiger partial charge in [0.2, 0.25) is 5.91 Å². The van der Waals surface area contributed by atoms with E-state index in [-0.39, 0.29) is 24.4 Å². The molecule has 7 heteroatoms. The number of amides is 1. The van der Waals surface area contributed by atoms with E-state index in [1.807, 2.05) is 36.4 Å². The van der Waals surface area contributed by atoms with Crippen LogP contribution in [-0.4, -0.2) is 51.2 Å². The van der Waals surface area contributed by atoms with Crippen LogP contribution in [0.1, 0.15) is 22.7 Å². The highest BCUT2D eigenvalue weighted by atomic mass is 35.5. The van der Waals surface area contributed by atoms with Gasteiger partial charge in [-0.1, -0.05) is 42.5 Å². The molecule has 1 atom stereocenters. The maximum atomic E-state index is 12.6. The third kappa shape index (κ3) is 6.44.